The van der Waals surface area contributed by atoms with Gasteiger partial charge in [0, 0.05) is 6.92 Å². The van der Waals surface area contributed by atoms with Crippen molar-refractivity contribution in [2.75, 3.05) is 0 Å². The van der Waals surface area contributed by atoms with Gasteiger partial charge in [-0.15, -0.1) is 0 Å². The molecule has 0 amide bonds. The van der Waals surface area contributed by atoms with E-state index in [1.165, 1.54) is 6.92 Å². The Morgan fingerprint density at radius 3 is 3.00 bits per heavy atom. The highest BCUT2D eigenvalue weighted by Gasteiger charge is 2.54. The van der Waals surface area contributed by atoms with Crippen molar-refractivity contribution in [2.24, 2.45) is 0 Å². The lowest BCUT2D eigenvalue weighted by atomic mass is 9.81. The van der Waals surface area contributed by atoms with E-state index < -0.39 is 5.60 Å². The van der Waals surface area contributed by atoms with E-state index in [2.05, 4.69) is 5.04 Å². The smallest absolute Gasteiger partial charge is 0.303 e. The monoisotopic (exact) mass is 202 g/mol. The van der Waals surface area contributed by atoms with Crippen LogP contribution in [-0.2, 0) is 24.3 Å². The molecule has 5 heteroatoms. The van der Waals surface area contributed by atoms with Crippen molar-refractivity contribution < 1.29 is 24.3 Å². The van der Waals surface area contributed by atoms with E-state index in [0.717, 1.165) is 19.3 Å². The number of hydrogen-bond donors (Lipinski definition) is 0. The maximum atomic E-state index is 10.9. The maximum absolute atomic E-state index is 10.9. The first kappa shape index (κ1) is 9.89. The summed E-state index contributed by atoms with van der Waals surface area (Å²) in [5, 5.41) is 4.52. The molecule has 14 heavy (non-hydrogen) atoms. The van der Waals surface area contributed by atoms with E-state index in [1.54, 1.807) is 0 Å². The second-order valence-electron chi connectivity index (χ2n) is 3.95. The summed E-state index contributed by atoms with van der Waals surface area (Å²) in [6.45, 7) is 3.24. The highest BCUT2D eigenvalue weighted by atomic mass is 17.5. The molecule has 0 aromatic heterocycles. The molecule has 1 saturated heterocycles. The SMILES string of the molecule is CC(=O)OC1CCCC2OOOC21C. The summed E-state index contributed by atoms with van der Waals surface area (Å²) < 4.78 is 5.18. The van der Waals surface area contributed by atoms with Gasteiger partial charge in [-0.3, -0.25) is 4.79 Å². The van der Waals surface area contributed by atoms with Crippen molar-refractivity contribution in [3.05, 3.63) is 0 Å². The Morgan fingerprint density at radius 1 is 1.50 bits per heavy atom. The van der Waals surface area contributed by atoms with Crippen LogP contribution >= 0.6 is 0 Å². The largest absolute Gasteiger partial charge is 0.459 e. The Kier molecular flexibility index (Phi) is 2.47. The number of rotatable bonds is 1. The zero-order valence-electron chi connectivity index (χ0n) is 8.32. The first-order chi connectivity index (χ1) is 6.63. The Hall–Kier alpha value is -0.650. The van der Waals surface area contributed by atoms with Gasteiger partial charge in [-0.25, -0.2) is 0 Å². The van der Waals surface area contributed by atoms with Crippen molar-refractivity contribution in [1.29, 1.82) is 0 Å². The van der Waals surface area contributed by atoms with Crippen LogP contribution in [0.3, 0.4) is 0 Å². The third-order valence-electron chi connectivity index (χ3n) is 2.89. The number of carbonyl (C=O) groups excluding carboxylic acids is 1. The van der Waals surface area contributed by atoms with Gasteiger partial charge < -0.3 is 4.74 Å². The molecule has 80 valence electrons. The second kappa shape index (κ2) is 3.49. The van der Waals surface area contributed by atoms with Crippen LogP contribution in [0.1, 0.15) is 33.1 Å². The molecule has 0 bridgehead atoms. The average Bonchev–Trinajstić information content (AvgIpc) is 2.47. The van der Waals surface area contributed by atoms with E-state index in [-0.39, 0.29) is 18.2 Å². The van der Waals surface area contributed by atoms with Gasteiger partial charge in [0.05, 0.1) is 0 Å². The summed E-state index contributed by atoms with van der Waals surface area (Å²) in [5.74, 6) is -0.299. The zero-order valence-corrected chi connectivity index (χ0v) is 8.32. The maximum Gasteiger partial charge on any atom is 0.303 e. The Morgan fingerprint density at radius 2 is 2.29 bits per heavy atom. The normalized spacial score (nSPS) is 41.9. The van der Waals surface area contributed by atoms with Crippen molar-refractivity contribution in [2.45, 2.75) is 50.9 Å². The van der Waals surface area contributed by atoms with Crippen LogP contribution in [0.2, 0.25) is 0 Å². The Labute approximate surface area is 82.1 Å². The molecule has 1 heterocycles. The molecule has 2 fully saturated rings. The van der Waals surface area contributed by atoms with E-state index in [4.69, 9.17) is 14.5 Å². The summed E-state index contributed by atoms with van der Waals surface area (Å²) in [6, 6.07) is 0. The molecule has 1 aliphatic heterocycles. The molecule has 5 nitrogen and oxygen atoms in total. The van der Waals surface area contributed by atoms with Crippen LogP contribution < -0.4 is 0 Å². The fourth-order valence-corrected chi connectivity index (χ4v) is 2.04. The molecule has 2 rings (SSSR count). The number of ether oxygens (including phenoxy) is 1. The fourth-order valence-electron chi connectivity index (χ4n) is 2.04. The average molecular weight is 202 g/mol. The zero-order chi connectivity index (χ0) is 10.2. The molecule has 1 saturated carbocycles. The van der Waals surface area contributed by atoms with E-state index >= 15 is 0 Å². The van der Waals surface area contributed by atoms with Gasteiger partial charge in [-0.1, -0.05) is 5.04 Å². The predicted molar refractivity (Wildman–Crippen MR) is 44.9 cm³/mol. The van der Waals surface area contributed by atoms with Crippen LogP contribution in [0.25, 0.3) is 0 Å². The summed E-state index contributed by atoms with van der Waals surface area (Å²) in [5.41, 5.74) is -0.649. The molecular weight excluding hydrogens is 188 g/mol. The van der Waals surface area contributed by atoms with Crippen molar-refractivity contribution in [1.82, 2.24) is 0 Å². The molecule has 1 aliphatic carbocycles. The summed E-state index contributed by atoms with van der Waals surface area (Å²) in [7, 11) is 0. The van der Waals surface area contributed by atoms with E-state index in [9.17, 15) is 4.79 Å². The van der Waals surface area contributed by atoms with Crippen molar-refractivity contribution in [3.8, 4) is 0 Å². The van der Waals surface area contributed by atoms with Crippen LogP contribution in [0.5, 0.6) is 0 Å². The third-order valence-corrected chi connectivity index (χ3v) is 2.89. The molecule has 0 spiro atoms. The second-order valence-corrected chi connectivity index (χ2v) is 3.95. The van der Waals surface area contributed by atoms with E-state index in [1.807, 2.05) is 6.92 Å². The predicted octanol–water partition coefficient (Wildman–Crippen LogP) is 1.12. The van der Waals surface area contributed by atoms with Crippen LogP contribution in [-0.4, -0.2) is 23.8 Å². The Bertz CT molecular complexity index is 241. The lowest BCUT2D eigenvalue weighted by Gasteiger charge is -2.36. The minimum Gasteiger partial charge on any atom is -0.459 e. The van der Waals surface area contributed by atoms with Gasteiger partial charge >= 0.3 is 5.97 Å². The van der Waals surface area contributed by atoms with Gasteiger partial charge in [0.25, 0.3) is 0 Å². The molecular formula is C9H14O5. The lowest BCUT2D eigenvalue weighted by molar-refractivity contribution is -0.475. The van der Waals surface area contributed by atoms with Gasteiger partial charge in [0.2, 0.25) is 0 Å². The van der Waals surface area contributed by atoms with Gasteiger partial charge in [0.1, 0.15) is 12.2 Å². The highest BCUT2D eigenvalue weighted by molar-refractivity contribution is 5.66. The third kappa shape index (κ3) is 1.51. The first-order valence-electron chi connectivity index (χ1n) is 4.81. The van der Waals surface area contributed by atoms with Crippen LogP contribution in [0.15, 0.2) is 0 Å². The molecule has 2 aliphatic rings. The van der Waals surface area contributed by atoms with Gasteiger partial charge in [0.15, 0.2) is 5.60 Å². The minimum absolute atomic E-state index is 0.138. The number of carbonyl (C=O) groups is 1. The molecule has 0 radical (unpaired) electrons. The number of hydrogen-bond acceptors (Lipinski definition) is 5. The standard InChI is InChI=1S/C9H14O5/c1-6(10)11-7-4-3-5-8-9(7,2)13-14-12-8/h7-8H,3-5H2,1-2H3. The molecule has 0 aromatic rings. The lowest BCUT2D eigenvalue weighted by Crippen LogP contribution is -2.52. The first-order valence-corrected chi connectivity index (χ1v) is 4.81. The van der Waals surface area contributed by atoms with E-state index in [0.29, 0.717) is 0 Å². The van der Waals surface area contributed by atoms with Crippen LogP contribution in [0.4, 0.5) is 0 Å². The molecule has 0 N–H and O–H groups in total. The quantitative estimate of drug-likeness (QED) is 0.471. The summed E-state index contributed by atoms with van der Waals surface area (Å²) >= 11 is 0. The summed E-state index contributed by atoms with van der Waals surface area (Å²) in [4.78, 5) is 20.9. The minimum atomic E-state index is -0.649. The highest BCUT2D eigenvalue weighted by Crippen LogP contribution is 2.40. The van der Waals surface area contributed by atoms with Gasteiger partial charge in [-0.2, -0.15) is 9.78 Å². The number of esters is 1. The van der Waals surface area contributed by atoms with Crippen molar-refractivity contribution in [3.63, 3.8) is 0 Å². The van der Waals surface area contributed by atoms with Crippen LogP contribution in [0, 0.1) is 0 Å². The summed E-state index contributed by atoms with van der Waals surface area (Å²) in [6.07, 6.45) is 2.19. The van der Waals surface area contributed by atoms with Gasteiger partial charge in [-0.05, 0) is 26.2 Å². The van der Waals surface area contributed by atoms with Crippen molar-refractivity contribution >= 4 is 5.97 Å². The number of fused-ring (bicyclic) bond motifs is 1. The fraction of sp³-hybridized carbons (Fsp3) is 0.889. The molecule has 0 aromatic carbocycles. The molecule has 3 atom stereocenters. The topological polar surface area (TPSA) is 54.0 Å². The molecule has 3 unspecified atom stereocenters. The Balaban J connectivity index is 2.11.